The highest BCUT2D eigenvalue weighted by molar-refractivity contribution is 5.85. The molecule has 2 atom stereocenters. The van der Waals surface area contributed by atoms with Crippen molar-refractivity contribution in [2.45, 2.75) is 64.7 Å². The minimum absolute atomic E-state index is 0.0134. The van der Waals surface area contributed by atoms with Gasteiger partial charge in [0.15, 0.2) is 0 Å². The Kier molecular flexibility index (Phi) is 3.55. The molecule has 0 aromatic heterocycles. The first-order valence-corrected chi connectivity index (χ1v) is 7.77. The molecule has 1 aromatic carbocycles. The molecule has 1 aliphatic heterocycles. The molecule has 2 aliphatic rings. The molecule has 3 nitrogen and oxygen atoms in total. The molecule has 108 valence electrons. The molecule has 0 spiro atoms. The predicted octanol–water partition coefficient (Wildman–Crippen LogP) is 3.06. The Labute approximate surface area is 121 Å². The number of hydrogen-bond acceptors (Lipinski definition) is 2. The van der Waals surface area contributed by atoms with Crippen LogP contribution in [-0.4, -0.2) is 22.9 Å². The van der Waals surface area contributed by atoms with E-state index in [1.807, 2.05) is 0 Å². The van der Waals surface area contributed by atoms with E-state index in [4.69, 9.17) is 0 Å². The van der Waals surface area contributed by atoms with Crippen molar-refractivity contribution in [3.63, 3.8) is 0 Å². The Morgan fingerprint density at radius 1 is 1.30 bits per heavy atom. The van der Waals surface area contributed by atoms with Gasteiger partial charge in [-0.25, -0.2) is 0 Å². The van der Waals surface area contributed by atoms with Crippen molar-refractivity contribution in [3.05, 3.63) is 34.9 Å². The molecule has 20 heavy (non-hydrogen) atoms. The molecular weight excluding hydrogens is 248 g/mol. The zero-order valence-electron chi connectivity index (χ0n) is 12.6. The first kappa shape index (κ1) is 13.6. The summed E-state index contributed by atoms with van der Waals surface area (Å²) in [5, 5.41) is 3.55. The van der Waals surface area contributed by atoms with Crippen LogP contribution in [0.25, 0.3) is 0 Å². The number of amides is 1. The van der Waals surface area contributed by atoms with E-state index in [-0.39, 0.29) is 12.2 Å². The van der Waals surface area contributed by atoms with Crippen LogP contribution in [0.2, 0.25) is 0 Å². The van der Waals surface area contributed by atoms with Gasteiger partial charge in [0.05, 0.1) is 6.04 Å². The Balaban J connectivity index is 1.97. The Bertz CT molecular complexity index is 522. The number of carbonyl (C=O) groups is 1. The van der Waals surface area contributed by atoms with Crippen LogP contribution in [0.4, 0.5) is 0 Å². The second-order valence-corrected chi connectivity index (χ2v) is 6.22. The summed E-state index contributed by atoms with van der Waals surface area (Å²) in [5.41, 5.74) is 3.79. The maximum Gasteiger partial charge on any atom is 0.241 e. The lowest BCUT2D eigenvalue weighted by atomic mass is 9.90. The first-order valence-electron chi connectivity index (χ1n) is 7.77. The van der Waals surface area contributed by atoms with E-state index in [2.05, 4.69) is 49.2 Å². The van der Waals surface area contributed by atoms with Crippen molar-refractivity contribution < 1.29 is 4.79 Å². The van der Waals surface area contributed by atoms with Gasteiger partial charge in [-0.1, -0.05) is 30.7 Å². The van der Waals surface area contributed by atoms with E-state index in [1.165, 1.54) is 23.1 Å². The fourth-order valence-electron chi connectivity index (χ4n) is 3.29. The average Bonchev–Trinajstić information content (AvgIpc) is 2.68. The van der Waals surface area contributed by atoms with Crippen LogP contribution in [0.5, 0.6) is 0 Å². The number of nitrogens with one attached hydrogen (secondary N) is 1. The van der Waals surface area contributed by atoms with Gasteiger partial charge in [-0.15, -0.1) is 0 Å². The van der Waals surface area contributed by atoms with Crippen LogP contribution in [0.3, 0.4) is 0 Å². The van der Waals surface area contributed by atoms with Crippen LogP contribution in [0.1, 0.15) is 55.5 Å². The van der Waals surface area contributed by atoms with E-state index < -0.39 is 0 Å². The molecule has 1 saturated heterocycles. The SMILES string of the molecule is CCC1NC(c2cc(C)ccc2C)N(C2CCC2)C1=O. The normalized spacial score (nSPS) is 26.9. The molecule has 0 radical (unpaired) electrons. The van der Waals surface area contributed by atoms with E-state index in [1.54, 1.807) is 0 Å². The van der Waals surface area contributed by atoms with Gasteiger partial charge in [0, 0.05) is 6.04 Å². The van der Waals surface area contributed by atoms with Gasteiger partial charge in [-0.2, -0.15) is 0 Å². The summed E-state index contributed by atoms with van der Waals surface area (Å²) in [6, 6.07) is 6.96. The van der Waals surface area contributed by atoms with E-state index in [0.717, 1.165) is 19.3 Å². The minimum Gasteiger partial charge on any atom is -0.319 e. The van der Waals surface area contributed by atoms with Gasteiger partial charge in [-0.3, -0.25) is 10.1 Å². The smallest absolute Gasteiger partial charge is 0.241 e. The molecule has 3 rings (SSSR count). The topological polar surface area (TPSA) is 32.3 Å². The van der Waals surface area contributed by atoms with Crippen LogP contribution < -0.4 is 5.32 Å². The summed E-state index contributed by atoms with van der Waals surface area (Å²) in [7, 11) is 0. The third-order valence-electron chi connectivity index (χ3n) is 4.80. The van der Waals surface area contributed by atoms with Crippen LogP contribution >= 0.6 is 0 Å². The van der Waals surface area contributed by atoms with E-state index in [0.29, 0.717) is 11.9 Å². The van der Waals surface area contributed by atoms with E-state index >= 15 is 0 Å². The predicted molar refractivity (Wildman–Crippen MR) is 80.4 cm³/mol. The molecule has 1 amide bonds. The standard InChI is InChI=1S/C17H24N2O/c1-4-15-17(20)19(13-6-5-7-13)16(18-15)14-10-11(2)8-9-12(14)3/h8-10,13,15-16,18H,4-7H2,1-3H3. The summed E-state index contributed by atoms with van der Waals surface area (Å²) in [6.45, 7) is 6.34. The number of carbonyl (C=O) groups excluding carboxylic acids is 1. The number of hydrogen-bond donors (Lipinski definition) is 1. The van der Waals surface area contributed by atoms with Crippen molar-refractivity contribution >= 4 is 5.91 Å². The van der Waals surface area contributed by atoms with Gasteiger partial charge in [0.25, 0.3) is 0 Å². The third-order valence-corrected chi connectivity index (χ3v) is 4.80. The molecule has 1 N–H and O–H groups in total. The third kappa shape index (κ3) is 2.14. The highest BCUT2D eigenvalue weighted by Gasteiger charge is 2.44. The molecule has 0 bridgehead atoms. The number of aryl methyl sites for hydroxylation is 2. The molecule has 1 aromatic rings. The van der Waals surface area contributed by atoms with Gasteiger partial charge >= 0.3 is 0 Å². The van der Waals surface area contributed by atoms with Crippen LogP contribution in [0, 0.1) is 13.8 Å². The van der Waals surface area contributed by atoms with Crippen molar-refractivity contribution in [1.82, 2.24) is 10.2 Å². The molecule has 1 saturated carbocycles. The number of rotatable bonds is 3. The van der Waals surface area contributed by atoms with E-state index in [9.17, 15) is 4.79 Å². The van der Waals surface area contributed by atoms with Crippen LogP contribution in [0.15, 0.2) is 18.2 Å². The van der Waals surface area contributed by atoms with Crippen molar-refractivity contribution in [2.75, 3.05) is 0 Å². The Morgan fingerprint density at radius 2 is 2.05 bits per heavy atom. The lowest BCUT2D eigenvalue weighted by Crippen LogP contribution is -2.44. The van der Waals surface area contributed by atoms with Crippen LogP contribution in [-0.2, 0) is 4.79 Å². The zero-order chi connectivity index (χ0) is 14.3. The zero-order valence-corrected chi connectivity index (χ0v) is 12.6. The fraction of sp³-hybridized carbons (Fsp3) is 0.588. The Morgan fingerprint density at radius 3 is 2.65 bits per heavy atom. The minimum atomic E-state index is -0.0134. The monoisotopic (exact) mass is 272 g/mol. The lowest BCUT2D eigenvalue weighted by molar-refractivity contribution is -0.134. The van der Waals surface area contributed by atoms with Crippen molar-refractivity contribution in [3.8, 4) is 0 Å². The molecule has 3 heteroatoms. The van der Waals surface area contributed by atoms with Gasteiger partial charge in [0.2, 0.25) is 5.91 Å². The molecule has 1 aliphatic carbocycles. The Hall–Kier alpha value is -1.35. The molecular formula is C17H24N2O. The summed E-state index contributed by atoms with van der Waals surface area (Å²) >= 11 is 0. The van der Waals surface area contributed by atoms with Gasteiger partial charge in [0.1, 0.15) is 6.17 Å². The van der Waals surface area contributed by atoms with Gasteiger partial charge < -0.3 is 4.90 Å². The number of nitrogens with zero attached hydrogens (tertiary/aromatic N) is 1. The first-order chi connectivity index (χ1) is 9.61. The number of benzene rings is 1. The molecule has 1 heterocycles. The quantitative estimate of drug-likeness (QED) is 0.917. The lowest BCUT2D eigenvalue weighted by Gasteiger charge is -2.38. The highest BCUT2D eigenvalue weighted by atomic mass is 16.2. The maximum atomic E-state index is 12.6. The van der Waals surface area contributed by atoms with Crippen molar-refractivity contribution in [2.24, 2.45) is 0 Å². The van der Waals surface area contributed by atoms with Gasteiger partial charge in [-0.05, 0) is 50.7 Å². The summed E-state index contributed by atoms with van der Waals surface area (Å²) in [6.07, 6.45) is 4.50. The average molecular weight is 272 g/mol. The molecule has 2 unspecified atom stereocenters. The highest BCUT2D eigenvalue weighted by Crippen LogP contribution is 2.37. The maximum absolute atomic E-state index is 12.6. The summed E-state index contributed by atoms with van der Waals surface area (Å²) in [4.78, 5) is 14.7. The second kappa shape index (κ2) is 5.21. The summed E-state index contributed by atoms with van der Waals surface area (Å²) in [5.74, 6) is 0.295. The summed E-state index contributed by atoms with van der Waals surface area (Å²) < 4.78 is 0. The second-order valence-electron chi connectivity index (χ2n) is 6.22. The largest absolute Gasteiger partial charge is 0.319 e. The molecule has 2 fully saturated rings. The van der Waals surface area contributed by atoms with Crippen molar-refractivity contribution in [1.29, 1.82) is 0 Å². The fourth-order valence-corrected chi connectivity index (χ4v) is 3.29.